The van der Waals surface area contributed by atoms with Crippen molar-refractivity contribution >= 4 is 75.9 Å². The second-order valence-electron chi connectivity index (χ2n) is 13.4. The maximum Gasteiger partial charge on any atom is 0.160 e. The molecule has 252 valence electrons. The largest absolute Gasteiger partial charge is 0.247 e. The van der Waals surface area contributed by atoms with Crippen molar-refractivity contribution in [3.63, 3.8) is 0 Å². The van der Waals surface area contributed by atoms with Gasteiger partial charge in [0.05, 0.1) is 34.3 Å². The first-order valence-electron chi connectivity index (χ1n) is 17.8. The van der Waals surface area contributed by atoms with Gasteiger partial charge in [-0.3, -0.25) is 0 Å². The third kappa shape index (κ3) is 5.09. The van der Waals surface area contributed by atoms with Gasteiger partial charge in [-0.25, -0.2) is 15.0 Å². The van der Waals surface area contributed by atoms with Crippen molar-refractivity contribution in [3.8, 4) is 56.3 Å². The van der Waals surface area contributed by atoms with E-state index in [0.29, 0.717) is 5.82 Å². The maximum atomic E-state index is 5.30. The summed E-state index contributed by atoms with van der Waals surface area (Å²) in [6.07, 6.45) is 0. The first kappa shape index (κ1) is 30.9. The van der Waals surface area contributed by atoms with E-state index < -0.39 is 0 Å². The Morgan fingerprint density at radius 3 is 1.93 bits per heavy atom. The number of benzene rings is 7. The molecule has 0 saturated carbocycles. The number of thiophene rings is 1. The van der Waals surface area contributed by atoms with Gasteiger partial charge in [0.2, 0.25) is 0 Å². The molecule has 0 radical (unpaired) electrons. The topological polar surface area (TPSA) is 64.5 Å². The Morgan fingerprint density at radius 1 is 0.407 bits per heavy atom. The molecule has 0 aliphatic heterocycles. The van der Waals surface area contributed by atoms with Crippen LogP contribution >= 0.6 is 23.1 Å². The molecule has 0 bridgehead atoms. The molecule has 7 heteroatoms. The number of pyridine rings is 1. The number of rotatable bonds is 5. The van der Waals surface area contributed by atoms with E-state index in [4.69, 9.17) is 19.3 Å². The van der Waals surface area contributed by atoms with E-state index in [-0.39, 0.29) is 0 Å². The molecule has 0 saturated heterocycles. The highest BCUT2D eigenvalue weighted by atomic mass is 32.1. The molecule has 0 unspecified atom stereocenters. The van der Waals surface area contributed by atoms with E-state index in [9.17, 15) is 0 Å². The summed E-state index contributed by atoms with van der Waals surface area (Å²) in [5.74, 6) is 0.675. The highest BCUT2D eigenvalue weighted by Gasteiger charge is 2.18. The molecule has 0 atom stereocenters. The predicted octanol–water partition coefficient (Wildman–Crippen LogP) is 12.9. The molecule has 4 aromatic heterocycles. The van der Waals surface area contributed by atoms with Crippen LogP contribution in [0.15, 0.2) is 164 Å². The normalized spacial score (nSPS) is 11.7. The second kappa shape index (κ2) is 12.5. The van der Waals surface area contributed by atoms with Crippen LogP contribution in [0, 0.1) is 0 Å². The summed E-state index contributed by atoms with van der Waals surface area (Å²) in [5, 5.41) is 5.76. The Hall–Kier alpha value is -6.67. The standard InChI is InChI=1S/C47H27N5S2/c1-3-10-30(11-4-1)44-37-24-25-38-45(52-54-51-38)43(37)36-23-22-32(26-41(36)48-44)40-27-39(49-47(50-40)31-12-5-2-6-13-31)29-20-18-28(19-21-29)33-15-9-16-35-34-14-7-8-17-42(34)53-46(33)35/h1-27H. The molecule has 11 aromatic rings. The zero-order chi connectivity index (χ0) is 35.6. The van der Waals surface area contributed by atoms with Crippen LogP contribution in [0.1, 0.15) is 0 Å². The number of nitrogens with zero attached hydrogens (tertiary/aromatic N) is 5. The molecule has 11 rings (SSSR count). The fourth-order valence-corrected chi connectivity index (χ4v) is 9.35. The minimum Gasteiger partial charge on any atom is -0.247 e. The van der Waals surface area contributed by atoms with Crippen LogP contribution < -0.4 is 0 Å². The van der Waals surface area contributed by atoms with E-state index >= 15 is 0 Å². The summed E-state index contributed by atoms with van der Waals surface area (Å²) in [6, 6.07) is 57.3. The molecule has 0 N–H and O–H groups in total. The van der Waals surface area contributed by atoms with Gasteiger partial charge < -0.3 is 0 Å². The molecular weight excluding hydrogens is 699 g/mol. The van der Waals surface area contributed by atoms with E-state index in [1.54, 1.807) is 0 Å². The van der Waals surface area contributed by atoms with Crippen LogP contribution in [0.2, 0.25) is 0 Å². The van der Waals surface area contributed by atoms with Gasteiger partial charge in [-0.05, 0) is 41.5 Å². The third-order valence-electron chi connectivity index (χ3n) is 10.2. The van der Waals surface area contributed by atoms with Gasteiger partial charge in [-0.1, -0.05) is 133 Å². The van der Waals surface area contributed by atoms with Crippen LogP contribution in [0.25, 0.3) is 109 Å². The number of aromatic nitrogens is 5. The Labute approximate surface area is 318 Å². The highest BCUT2D eigenvalue weighted by Crippen LogP contribution is 2.41. The average molecular weight is 726 g/mol. The van der Waals surface area contributed by atoms with E-state index in [0.717, 1.165) is 72.0 Å². The summed E-state index contributed by atoms with van der Waals surface area (Å²) < 4.78 is 11.9. The fourth-order valence-electron chi connectivity index (χ4n) is 7.57. The molecule has 5 nitrogen and oxygen atoms in total. The van der Waals surface area contributed by atoms with Crippen LogP contribution in [-0.2, 0) is 0 Å². The second-order valence-corrected chi connectivity index (χ2v) is 14.9. The Balaban J connectivity index is 1.07. The highest BCUT2D eigenvalue weighted by molar-refractivity contribution is 7.26. The van der Waals surface area contributed by atoms with Gasteiger partial charge in [0.1, 0.15) is 11.0 Å². The van der Waals surface area contributed by atoms with Gasteiger partial charge in [-0.15, -0.1) is 11.3 Å². The SMILES string of the molecule is c1ccc(-c2nc(-c3ccc(-c4cccc5c4sc4ccccc45)cc3)cc(-c3ccc4c(c3)nc(-c3ccccc3)c3ccc5nsnc5c34)n2)cc1. The van der Waals surface area contributed by atoms with Crippen LogP contribution in [0.5, 0.6) is 0 Å². The minimum atomic E-state index is 0.675. The summed E-state index contributed by atoms with van der Waals surface area (Å²) in [5.41, 5.74) is 11.7. The molecule has 0 aliphatic rings. The minimum absolute atomic E-state index is 0.675. The van der Waals surface area contributed by atoms with Crippen molar-refractivity contribution in [2.75, 3.05) is 0 Å². The molecular formula is C47H27N5S2. The molecule has 0 spiro atoms. The molecule has 54 heavy (non-hydrogen) atoms. The monoisotopic (exact) mass is 725 g/mol. The quantitative estimate of drug-likeness (QED) is 0.165. The first-order valence-corrected chi connectivity index (χ1v) is 19.3. The van der Waals surface area contributed by atoms with Crippen LogP contribution in [0.4, 0.5) is 0 Å². The molecule has 7 aromatic carbocycles. The average Bonchev–Trinajstić information content (AvgIpc) is 3.89. The zero-order valence-corrected chi connectivity index (χ0v) is 30.3. The molecule has 0 amide bonds. The Kier molecular flexibility index (Phi) is 7.15. The van der Waals surface area contributed by atoms with Crippen molar-refractivity contribution in [3.05, 3.63) is 164 Å². The third-order valence-corrected chi connectivity index (χ3v) is 11.9. The van der Waals surface area contributed by atoms with Crippen LogP contribution in [0.3, 0.4) is 0 Å². The first-order chi connectivity index (χ1) is 26.7. The lowest BCUT2D eigenvalue weighted by atomic mass is 9.97. The van der Waals surface area contributed by atoms with E-state index in [1.807, 2.05) is 41.7 Å². The van der Waals surface area contributed by atoms with Crippen LogP contribution in [-0.4, -0.2) is 23.7 Å². The molecule has 0 fully saturated rings. The summed E-state index contributed by atoms with van der Waals surface area (Å²) >= 11 is 3.09. The Bertz CT molecular complexity index is 3210. The Morgan fingerprint density at radius 2 is 1.09 bits per heavy atom. The van der Waals surface area contributed by atoms with Crippen molar-refractivity contribution < 1.29 is 0 Å². The number of hydrogen-bond acceptors (Lipinski definition) is 7. The maximum absolute atomic E-state index is 5.30. The zero-order valence-electron chi connectivity index (χ0n) is 28.6. The van der Waals surface area contributed by atoms with Crippen molar-refractivity contribution in [2.24, 2.45) is 0 Å². The predicted molar refractivity (Wildman–Crippen MR) is 226 cm³/mol. The van der Waals surface area contributed by atoms with Crippen molar-refractivity contribution in [2.45, 2.75) is 0 Å². The van der Waals surface area contributed by atoms with Gasteiger partial charge in [-0.2, -0.15) is 8.75 Å². The summed E-state index contributed by atoms with van der Waals surface area (Å²) in [4.78, 5) is 15.6. The van der Waals surface area contributed by atoms with Crippen molar-refractivity contribution in [1.29, 1.82) is 0 Å². The lowest BCUT2D eigenvalue weighted by molar-refractivity contribution is 1.18. The van der Waals surface area contributed by atoms with Gasteiger partial charge in [0.15, 0.2) is 5.82 Å². The van der Waals surface area contributed by atoms with E-state index in [2.05, 4.69) is 138 Å². The summed E-state index contributed by atoms with van der Waals surface area (Å²) in [6.45, 7) is 0. The number of fused-ring (bicyclic) bond motifs is 8. The fraction of sp³-hybridized carbons (Fsp3) is 0. The molecule has 4 heterocycles. The van der Waals surface area contributed by atoms with Gasteiger partial charge in [0, 0.05) is 58.6 Å². The van der Waals surface area contributed by atoms with Gasteiger partial charge in [0.25, 0.3) is 0 Å². The lowest BCUT2D eigenvalue weighted by Crippen LogP contribution is -1.96. The summed E-state index contributed by atoms with van der Waals surface area (Å²) in [7, 11) is 0. The molecule has 0 aliphatic carbocycles. The number of hydrogen-bond donors (Lipinski definition) is 0. The van der Waals surface area contributed by atoms with Gasteiger partial charge >= 0.3 is 0 Å². The van der Waals surface area contributed by atoms with E-state index in [1.165, 1.54) is 43.0 Å². The van der Waals surface area contributed by atoms with Crippen molar-refractivity contribution in [1.82, 2.24) is 23.7 Å². The smallest absolute Gasteiger partial charge is 0.160 e. The lowest BCUT2D eigenvalue weighted by Gasteiger charge is -2.13.